The predicted octanol–water partition coefficient (Wildman–Crippen LogP) is 4.04. The molecule has 30 heavy (non-hydrogen) atoms. The summed E-state index contributed by atoms with van der Waals surface area (Å²) in [6, 6.07) is 14.8. The molecule has 0 spiro atoms. The van der Waals surface area contributed by atoms with Gasteiger partial charge in [0.1, 0.15) is 6.29 Å². The molecule has 0 N–H and O–H groups in total. The molecule has 160 valence electrons. The van der Waals surface area contributed by atoms with Gasteiger partial charge in [0.05, 0.1) is 20.8 Å². The third-order valence-electron chi connectivity index (χ3n) is 6.61. The molecule has 2 aliphatic rings. The molecule has 0 saturated carbocycles. The van der Waals surface area contributed by atoms with Gasteiger partial charge in [-0.15, -0.1) is 0 Å². The highest BCUT2D eigenvalue weighted by Crippen LogP contribution is 2.44. The summed E-state index contributed by atoms with van der Waals surface area (Å²) in [7, 11) is 3.36. The van der Waals surface area contributed by atoms with Crippen LogP contribution in [0.1, 0.15) is 35.6 Å². The summed E-state index contributed by atoms with van der Waals surface area (Å²) in [5.41, 5.74) is 3.83. The topological polar surface area (TPSA) is 48.0 Å². The molecule has 1 saturated heterocycles. The molecular formula is C25H31NO4. The summed E-state index contributed by atoms with van der Waals surface area (Å²) >= 11 is 0. The Morgan fingerprint density at radius 2 is 1.87 bits per heavy atom. The fourth-order valence-electron chi connectivity index (χ4n) is 4.94. The first-order chi connectivity index (χ1) is 14.7. The molecule has 0 aliphatic carbocycles. The van der Waals surface area contributed by atoms with Gasteiger partial charge in [-0.05, 0) is 54.0 Å². The van der Waals surface area contributed by atoms with Crippen molar-refractivity contribution in [1.82, 2.24) is 4.90 Å². The van der Waals surface area contributed by atoms with E-state index in [0.717, 1.165) is 50.1 Å². The van der Waals surface area contributed by atoms with E-state index in [9.17, 15) is 4.79 Å². The lowest BCUT2D eigenvalue weighted by Crippen LogP contribution is -2.46. The zero-order valence-electron chi connectivity index (χ0n) is 17.9. The number of benzene rings is 2. The normalized spacial score (nSPS) is 23.3. The minimum absolute atomic E-state index is 0.0725. The van der Waals surface area contributed by atoms with Crippen LogP contribution in [-0.4, -0.2) is 45.1 Å². The Kier molecular flexibility index (Phi) is 6.70. The molecular weight excluding hydrogens is 378 g/mol. The maximum absolute atomic E-state index is 11.8. The van der Waals surface area contributed by atoms with Crippen LogP contribution < -0.4 is 9.47 Å². The summed E-state index contributed by atoms with van der Waals surface area (Å²) in [5, 5.41) is 0. The number of nitrogens with zero attached hydrogens (tertiary/aromatic N) is 1. The van der Waals surface area contributed by atoms with Crippen molar-refractivity contribution in [2.24, 2.45) is 11.8 Å². The lowest BCUT2D eigenvalue weighted by Gasteiger charge is -2.46. The van der Waals surface area contributed by atoms with Crippen molar-refractivity contribution in [3.8, 4) is 11.5 Å². The number of aldehydes is 1. The summed E-state index contributed by atoms with van der Waals surface area (Å²) in [4.78, 5) is 14.3. The second-order valence-electron chi connectivity index (χ2n) is 8.29. The van der Waals surface area contributed by atoms with Crippen LogP contribution in [0.4, 0.5) is 0 Å². The van der Waals surface area contributed by atoms with Crippen LogP contribution in [0.25, 0.3) is 0 Å². The molecule has 5 heteroatoms. The Hall–Kier alpha value is -2.37. The minimum atomic E-state index is 0.0725. The van der Waals surface area contributed by atoms with Crippen LogP contribution in [0.3, 0.4) is 0 Å². The Labute approximate surface area is 178 Å². The van der Waals surface area contributed by atoms with E-state index in [4.69, 9.17) is 14.2 Å². The molecule has 2 aromatic rings. The van der Waals surface area contributed by atoms with E-state index >= 15 is 0 Å². The zero-order valence-corrected chi connectivity index (χ0v) is 17.9. The van der Waals surface area contributed by atoms with E-state index in [0.29, 0.717) is 25.2 Å². The lowest BCUT2D eigenvalue weighted by atomic mass is 9.76. The molecule has 4 rings (SSSR count). The van der Waals surface area contributed by atoms with E-state index in [1.807, 2.05) is 18.2 Å². The molecule has 0 unspecified atom stereocenters. The Balaban J connectivity index is 1.44. The van der Waals surface area contributed by atoms with E-state index in [-0.39, 0.29) is 5.92 Å². The fraction of sp³-hybridized carbons (Fsp3) is 0.480. The Morgan fingerprint density at radius 3 is 2.60 bits per heavy atom. The molecule has 0 aromatic heterocycles. The van der Waals surface area contributed by atoms with Gasteiger partial charge < -0.3 is 19.0 Å². The van der Waals surface area contributed by atoms with Gasteiger partial charge in [0.15, 0.2) is 11.5 Å². The summed E-state index contributed by atoms with van der Waals surface area (Å²) < 4.78 is 17.0. The van der Waals surface area contributed by atoms with Crippen molar-refractivity contribution >= 4 is 6.29 Å². The number of methoxy groups -OCH3 is 2. The monoisotopic (exact) mass is 409 g/mol. The number of hydrogen-bond acceptors (Lipinski definition) is 5. The third kappa shape index (κ3) is 4.37. The van der Waals surface area contributed by atoms with Gasteiger partial charge in [-0.3, -0.25) is 4.90 Å². The molecule has 0 bridgehead atoms. The average molecular weight is 410 g/mol. The molecule has 2 aromatic carbocycles. The first-order valence-corrected chi connectivity index (χ1v) is 10.8. The highest BCUT2D eigenvalue weighted by atomic mass is 16.5. The summed E-state index contributed by atoms with van der Waals surface area (Å²) in [5.74, 6) is 1.97. The predicted molar refractivity (Wildman–Crippen MR) is 116 cm³/mol. The summed E-state index contributed by atoms with van der Waals surface area (Å²) in [6.07, 6.45) is 4.01. The molecule has 2 aliphatic heterocycles. The van der Waals surface area contributed by atoms with Crippen LogP contribution in [0.15, 0.2) is 42.5 Å². The fourth-order valence-corrected chi connectivity index (χ4v) is 4.94. The Morgan fingerprint density at radius 1 is 1.10 bits per heavy atom. The SMILES string of the molecule is COc1cc2c(cc1OC)[C@@H]1C[C@H](CCOCc3ccccc3)[C@@H](C=O)CN1CC2. The quantitative estimate of drug-likeness (QED) is 0.486. The largest absolute Gasteiger partial charge is 0.493 e. The molecule has 5 nitrogen and oxygen atoms in total. The zero-order chi connectivity index (χ0) is 20.9. The van der Waals surface area contributed by atoms with Crippen molar-refractivity contribution in [1.29, 1.82) is 0 Å². The first kappa shape index (κ1) is 20.9. The van der Waals surface area contributed by atoms with Gasteiger partial charge in [0.25, 0.3) is 0 Å². The number of fused-ring (bicyclic) bond motifs is 3. The van der Waals surface area contributed by atoms with Crippen LogP contribution >= 0.6 is 0 Å². The average Bonchev–Trinajstić information content (AvgIpc) is 2.80. The molecule has 2 heterocycles. The number of piperidine rings is 1. The second-order valence-corrected chi connectivity index (χ2v) is 8.29. The molecule has 0 radical (unpaired) electrons. The van der Waals surface area contributed by atoms with Gasteiger partial charge in [0, 0.05) is 31.7 Å². The van der Waals surface area contributed by atoms with Crippen molar-refractivity contribution in [2.75, 3.05) is 33.9 Å². The van der Waals surface area contributed by atoms with E-state index in [2.05, 4.69) is 29.2 Å². The van der Waals surface area contributed by atoms with Crippen LogP contribution in [-0.2, 0) is 22.6 Å². The van der Waals surface area contributed by atoms with Crippen molar-refractivity contribution < 1.29 is 19.0 Å². The molecule has 1 fully saturated rings. The molecule has 3 atom stereocenters. The number of rotatable bonds is 8. The third-order valence-corrected chi connectivity index (χ3v) is 6.61. The number of carbonyl (C=O) groups is 1. The Bertz CT molecular complexity index is 854. The lowest BCUT2D eigenvalue weighted by molar-refractivity contribution is -0.116. The smallest absolute Gasteiger partial charge is 0.161 e. The van der Waals surface area contributed by atoms with Crippen LogP contribution in [0, 0.1) is 11.8 Å². The highest BCUT2D eigenvalue weighted by molar-refractivity contribution is 5.55. The van der Waals surface area contributed by atoms with Crippen molar-refractivity contribution in [3.63, 3.8) is 0 Å². The van der Waals surface area contributed by atoms with Gasteiger partial charge >= 0.3 is 0 Å². The second kappa shape index (κ2) is 9.63. The van der Waals surface area contributed by atoms with Gasteiger partial charge in [0.2, 0.25) is 0 Å². The van der Waals surface area contributed by atoms with Crippen molar-refractivity contribution in [2.45, 2.75) is 31.9 Å². The standard InChI is InChI=1S/C25H31NO4/c1-28-24-13-20-8-10-26-15-21(16-27)19(12-23(26)22(20)14-25(24)29-2)9-11-30-17-18-6-4-3-5-7-18/h3-7,13-14,16,19,21,23H,8-12,15,17H2,1-2H3/t19-,21+,23-/m0/s1. The van der Waals surface area contributed by atoms with E-state index in [1.54, 1.807) is 14.2 Å². The maximum Gasteiger partial charge on any atom is 0.161 e. The van der Waals surface area contributed by atoms with Gasteiger partial charge in [-0.2, -0.15) is 0 Å². The van der Waals surface area contributed by atoms with Gasteiger partial charge in [-0.25, -0.2) is 0 Å². The number of carbonyl (C=O) groups excluding carboxylic acids is 1. The van der Waals surface area contributed by atoms with E-state index < -0.39 is 0 Å². The highest BCUT2D eigenvalue weighted by Gasteiger charge is 2.39. The van der Waals surface area contributed by atoms with Crippen LogP contribution in [0.5, 0.6) is 11.5 Å². The number of ether oxygens (including phenoxy) is 3. The maximum atomic E-state index is 11.8. The van der Waals surface area contributed by atoms with Gasteiger partial charge in [-0.1, -0.05) is 30.3 Å². The molecule has 0 amide bonds. The van der Waals surface area contributed by atoms with Crippen LogP contribution in [0.2, 0.25) is 0 Å². The van der Waals surface area contributed by atoms with E-state index in [1.165, 1.54) is 16.7 Å². The number of hydrogen-bond donors (Lipinski definition) is 0. The minimum Gasteiger partial charge on any atom is -0.493 e. The van der Waals surface area contributed by atoms with Crippen molar-refractivity contribution in [3.05, 3.63) is 59.2 Å². The summed E-state index contributed by atoms with van der Waals surface area (Å²) in [6.45, 7) is 3.10. The first-order valence-electron chi connectivity index (χ1n) is 10.8.